The minimum atomic E-state index is -0.463. The van der Waals surface area contributed by atoms with Crippen LogP contribution in [0.5, 0.6) is 0 Å². The molecular formula is C13H6Cl3N3O. The van der Waals surface area contributed by atoms with Crippen molar-refractivity contribution in [2.75, 3.05) is 5.32 Å². The van der Waals surface area contributed by atoms with Crippen LogP contribution in [0.3, 0.4) is 0 Å². The number of anilines is 1. The van der Waals surface area contributed by atoms with E-state index in [-0.39, 0.29) is 15.7 Å². The third kappa shape index (κ3) is 3.20. The number of hydrogen-bond donors (Lipinski definition) is 1. The highest BCUT2D eigenvalue weighted by Crippen LogP contribution is 2.23. The molecule has 1 heterocycles. The molecular weight excluding hydrogens is 321 g/mol. The molecule has 7 heteroatoms. The van der Waals surface area contributed by atoms with Gasteiger partial charge in [-0.1, -0.05) is 34.8 Å². The fourth-order valence-corrected chi connectivity index (χ4v) is 1.90. The monoisotopic (exact) mass is 325 g/mol. The topological polar surface area (TPSA) is 65.8 Å². The number of nitrogens with one attached hydrogen (secondary N) is 1. The van der Waals surface area contributed by atoms with Crippen LogP contribution < -0.4 is 5.32 Å². The van der Waals surface area contributed by atoms with Crippen LogP contribution >= 0.6 is 34.8 Å². The van der Waals surface area contributed by atoms with Crippen molar-refractivity contribution in [3.8, 4) is 6.07 Å². The molecule has 100 valence electrons. The number of pyridine rings is 1. The van der Waals surface area contributed by atoms with Gasteiger partial charge >= 0.3 is 0 Å². The average Bonchev–Trinajstić information content (AvgIpc) is 2.42. The Bertz CT molecular complexity index is 725. The molecule has 2 rings (SSSR count). The fourth-order valence-electron chi connectivity index (χ4n) is 1.46. The summed E-state index contributed by atoms with van der Waals surface area (Å²) in [5, 5.41) is 12.3. The van der Waals surface area contributed by atoms with Crippen molar-refractivity contribution < 1.29 is 4.79 Å². The lowest BCUT2D eigenvalue weighted by molar-refractivity contribution is 0.102. The zero-order chi connectivity index (χ0) is 14.7. The summed E-state index contributed by atoms with van der Waals surface area (Å²) in [7, 11) is 0. The van der Waals surface area contributed by atoms with E-state index < -0.39 is 5.91 Å². The zero-order valence-electron chi connectivity index (χ0n) is 9.82. The van der Waals surface area contributed by atoms with E-state index in [9.17, 15) is 4.79 Å². The molecule has 0 saturated carbocycles. The maximum absolute atomic E-state index is 12.1. The second-order valence-electron chi connectivity index (χ2n) is 3.75. The number of nitriles is 1. The minimum absolute atomic E-state index is 0.115. The second kappa shape index (κ2) is 6.10. The van der Waals surface area contributed by atoms with E-state index in [0.717, 1.165) is 0 Å². The molecule has 1 amide bonds. The van der Waals surface area contributed by atoms with Gasteiger partial charge in [0.2, 0.25) is 0 Å². The molecule has 1 aromatic carbocycles. The van der Waals surface area contributed by atoms with Crippen molar-refractivity contribution in [1.82, 2.24) is 4.98 Å². The Labute approximate surface area is 129 Å². The first kappa shape index (κ1) is 14.6. The Morgan fingerprint density at radius 1 is 1.25 bits per heavy atom. The first-order valence-corrected chi connectivity index (χ1v) is 6.46. The summed E-state index contributed by atoms with van der Waals surface area (Å²) in [6.45, 7) is 0. The number of amides is 1. The maximum atomic E-state index is 12.1. The van der Waals surface area contributed by atoms with E-state index in [0.29, 0.717) is 16.3 Å². The lowest BCUT2D eigenvalue weighted by Gasteiger charge is -2.07. The smallest absolute Gasteiger partial charge is 0.257 e. The molecule has 0 saturated heterocycles. The van der Waals surface area contributed by atoms with Gasteiger partial charge in [-0.05, 0) is 24.3 Å². The van der Waals surface area contributed by atoms with Crippen molar-refractivity contribution in [3.63, 3.8) is 0 Å². The predicted molar refractivity (Wildman–Crippen MR) is 78.4 cm³/mol. The standard InChI is InChI=1S/C13H6Cl3N3O/c14-9-2-1-7(5-17)11(4-9)19-13(20)8-3-10(15)12(16)18-6-8/h1-4,6H,(H,19,20). The summed E-state index contributed by atoms with van der Waals surface area (Å²) < 4.78 is 0. The van der Waals surface area contributed by atoms with Gasteiger partial charge in [0, 0.05) is 11.2 Å². The molecule has 0 atom stereocenters. The van der Waals surface area contributed by atoms with Gasteiger partial charge in [0.05, 0.1) is 21.8 Å². The SMILES string of the molecule is N#Cc1ccc(Cl)cc1NC(=O)c1cnc(Cl)c(Cl)c1. The number of nitrogens with zero attached hydrogens (tertiary/aromatic N) is 2. The van der Waals surface area contributed by atoms with E-state index >= 15 is 0 Å². The van der Waals surface area contributed by atoms with Gasteiger partial charge in [0.1, 0.15) is 11.2 Å². The molecule has 0 aliphatic rings. The quantitative estimate of drug-likeness (QED) is 0.842. The highest BCUT2D eigenvalue weighted by molar-refractivity contribution is 6.41. The summed E-state index contributed by atoms with van der Waals surface area (Å²) in [6, 6.07) is 7.93. The highest BCUT2D eigenvalue weighted by Gasteiger charge is 2.12. The second-order valence-corrected chi connectivity index (χ2v) is 4.95. The van der Waals surface area contributed by atoms with Crippen LogP contribution in [0.2, 0.25) is 15.2 Å². The summed E-state index contributed by atoms with van der Waals surface area (Å²) in [5.41, 5.74) is 0.843. The first-order valence-electron chi connectivity index (χ1n) is 5.33. The zero-order valence-corrected chi connectivity index (χ0v) is 12.1. The van der Waals surface area contributed by atoms with Crippen molar-refractivity contribution in [3.05, 3.63) is 56.8 Å². The number of carbonyl (C=O) groups is 1. The summed E-state index contributed by atoms with van der Waals surface area (Å²) in [6.07, 6.45) is 1.29. The normalized spacial score (nSPS) is 9.90. The minimum Gasteiger partial charge on any atom is -0.321 e. The molecule has 0 aliphatic heterocycles. The van der Waals surface area contributed by atoms with Gasteiger partial charge in [-0.25, -0.2) is 4.98 Å². The van der Waals surface area contributed by atoms with Crippen LogP contribution in [0, 0.1) is 11.3 Å². The van der Waals surface area contributed by atoms with Crippen LogP contribution in [0.15, 0.2) is 30.5 Å². The number of hydrogen-bond acceptors (Lipinski definition) is 3. The number of rotatable bonds is 2. The third-order valence-electron chi connectivity index (χ3n) is 2.41. The fraction of sp³-hybridized carbons (Fsp3) is 0. The van der Waals surface area contributed by atoms with Gasteiger partial charge in [-0.2, -0.15) is 5.26 Å². The van der Waals surface area contributed by atoms with Crippen LogP contribution in [0.4, 0.5) is 5.69 Å². The molecule has 0 bridgehead atoms. The number of halogens is 3. The van der Waals surface area contributed by atoms with Crippen molar-refractivity contribution in [2.24, 2.45) is 0 Å². The van der Waals surface area contributed by atoms with Crippen molar-refractivity contribution in [1.29, 1.82) is 5.26 Å². The largest absolute Gasteiger partial charge is 0.321 e. The lowest BCUT2D eigenvalue weighted by atomic mass is 10.2. The molecule has 2 aromatic rings. The molecule has 4 nitrogen and oxygen atoms in total. The number of benzene rings is 1. The molecule has 0 aliphatic carbocycles. The summed E-state index contributed by atoms with van der Waals surface area (Å²) in [4.78, 5) is 15.8. The van der Waals surface area contributed by atoms with Crippen LogP contribution in [0.25, 0.3) is 0 Å². The van der Waals surface area contributed by atoms with Crippen LogP contribution in [-0.2, 0) is 0 Å². The Balaban J connectivity index is 2.30. The van der Waals surface area contributed by atoms with Gasteiger partial charge in [0.15, 0.2) is 0 Å². The summed E-state index contributed by atoms with van der Waals surface area (Å²) >= 11 is 17.3. The third-order valence-corrected chi connectivity index (χ3v) is 3.33. The number of carbonyl (C=O) groups excluding carboxylic acids is 1. The molecule has 1 N–H and O–H groups in total. The molecule has 0 spiro atoms. The molecule has 0 radical (unpaired) electrons. The van der Waals surface area contributed by atoms with Gasteiger partial charge < -0.3 is 5.32 Å². The summed E-state index contributed by atoms with van der Waals surface area (Å²) in [5.74, 6) is -0.463. The Morgan fingerprint density at radius 2 is 2.00 bits per heavy atom. The van der Waals surface area contributed by atoms with E-state index in [1.165, 1.54) is 24.4 Å². The molecule has 20 heavy (non-hydrogen) atoms. The van der Waals surface area contributed by atoms with Crippen molar-refractivity contribution in [2.45, 2.75) is 0 Å². The Morgan fingerprint density at radius 3 is 2.65 bits per heavy atom. The van der Waals surface area contributed by atoms with Gasteiger partial charge in [-0.3, -0.25) is 4.79 Å². The van der Waals surface area contributed by atoms with Crippen LogP contribution in [-0.4, -0.2) is 10.9 Å². The Hall–Kier alpha value is -1.80. The van der Waals surface area contributed by atoms with Crippen LogP contribution in [0.1, 0.15) is 15.9 Å². The van der Waals surface area contributed by atoms with Gasteiger partial charge in [0.25, 0.3) is 5.91 Å². The lowest BCUT2D eigenvalue weighted by Crippen LogP contribution is -2.13. The van der Waals surface area contributed by atoms with E-state index in [2.05, 4.69) is 10.3 Å². The first-order chi connectivity index (χ1) is 9.51. The average molecular weight is 327 g/mol. The van der Waals surface area contributed by atoms with Gasteiger partial charge in [-0.15, -0.1) is 0 Å². The van der Waals surface area contributed by atoms with E-state index in [1.807, 2.05) is 6.07 Å². The van der Waals surface area contributed by atoms with E-state index in [1.54, 1.807) is 6.07 Å². The highest BCUT2D eigenvalue weighted by atomic mass is 35.5. The molecule has 0 unspecified atom stereocenters. The molecule has 0 fully saturated rings. The van der Waals surface area contributed by atoms with Crippen molar-refractivity contribution >= 4 is 46.4 Å². The number of aromatic nitrogens is 1. The Kier molecular flexibility index (Phi) is 4.46. The van der Waals surface area contributed by atoms with E-state index in [4.69, 9.17) is 40.1 Å². The molecule has 1 aromatic heterocycles. The maximum Gasteiger partial charge on any atom is 0.257 e. The predicted octanol–water partition coefficient (Wildman–Crippen LogP) is 4.17.